The Labute approximate surface area is 120 Å². The first kappa shape index (κ1) is 13.4. The molecule has 106 valence electrons. The van der Waals surface area contributed by atoms with Gasteiger partial charge in [-0.3, -0.25) is 4.90 Å². The van der Waals surface area contributed by atoms with E-state index in [0.29, 0.717) is 0 Å². The molecule has 3 nitrogen and oxygen atoms in total. The maximum Gasteiger partial charge on any atom is 0.0594 e. The average Bonchev–Trinajstić information content (AvgIpc) is 2.49. The Morgan fingerprint density at radius 2 is 1.90 bits per heavy atom. The van der Waals surface area contributed by atoms with E-state index in [-0.39, 0.29) is 0 Å². The molecule has 0 saturated carbocycles. The average molecular weight is 270 g/mol. The van der Waals surface area contributed by atoms with Crippen molar-refractivity contribution in [1.82, 2.24) is 10.2 Å². The molecule has 2 aliphatic heterocycles. The summed E-state index contributed by atoms with van der Waals surface area (Å²) in [6.45, 7) is 7.94. The summed E-state index contributed by atoms with van der Waals surface area (Å²) >= 11 is 0. The standard InChI is InChI=1S/C17H22N2O/c1-14-10-17(12-18-11-14)16-4-2-15(3-5-16)13-19-6-8-20-9-7-19/h2-5,10,12,18H,6-9,11,13H2,1H3. The zero-order valence-corrected chi connectivity index (χ0v) is 12.1. The van der Waals surface area contributed by atoms with Crippen LogP contribution in [0.1, 0.15) is 18.1 Å². The highest BCUT2D eigenvalue weighted by atomic mass is 16.5. The van der Waals surface area contributed by atoms with Gasteiger partial charge in [0.2, 0.25) is 0 Å². The second-order valence-electron chi connectivity index (χ2n) is 5.56. The zero-order valence-electron chi connectivity index (χ0n) is 12.1. The number of rotatable bonds is 3. The van der Waals surface area contributed by atoms with Crippen molar-refractivity contribution < 1.29 is 4.74 Å². The summed E-state index contributed by atoms with van der Waals surface area (Å²) in [7, 11) is 0. The Kier molecular flexibility index (Phi) is 4.19. The lowest BCUT2D eigenvalue weighted by Gasteiger charge is -2.26. The number of allylic oxidation sites excluding steroid dienone is 2. The van der Waals surface area contributed by atoms with Gasteiger partial charge in [-0.05, 0) is 23.6 Å². The third-order valence-electron chi connectivity index (χ3n) is 3.84. The highest BCUT2D eigenvalue weighted by molar-refractivity contribution is 5.75. The Bertz CT molecular complexity index is 510. The van der Waals surface area contributed by atoms with Gasteiger partial charge < -0.3 is 10.1 Å². The van der Waals surface area contributed by atoms with E-state index < -0.39 is 0 Å². The molecule has 0 bridgehead atoms. The molecule has 3 heteroatoms. The van der Waals surface area contributed by atoms with Crippen molar-refractivity contribution in [3.05, 3.63) is 53.2 Å². The molecule has 1 fully saturated rings. The molecule has 1 N–H and O–H groups in total. The first-order valence-electron chi connectivity index (χ1n) is 7.31. The summed E-state index contributed by atoms with van der Waals surface area (Å²) < 4.78 is 5.38. The molecule has 0 amide bonds. The summed E-state index contributed by atoms with van der Waals surface area (Å²) in [6, 6.07) is 8.92. The second kappa shape index (κ2) is 6.25. The summed E-state index contributed by atoms with van der Waals surface area (Å²) in [5.74, 6) is 0. The quantitative estimate of drug-likeness (QED) is 0.913. The van der Waals surface area contributed by atoms with Gasteiger partial charge in [-0.1, -0.05) is 35.9 Å². The fourth-order valence-corrected chi connectivity index (χ4v) is 2.67. The van der Waals surface area contributed by atoms with Crippen molar-refractivity contribution >= 4 is 5.57 Å². The number of hydrogen-bond donors (Lipinski definition) is 1. The van der Waals surface area contributed by atoms with Crippen LogP contribution in [0.5, 0.6) is 0 Å². The number of ether oxygens (including phenoxy) is 1. The molecule has 0 aromatic heterocycles. The largest absolute Gasteiger partial charge is 0.387 e. The minimum absolute atomic E-state index is 0.862. The van der Waals surface area contributed by atoms with Crippen LogP contribution in [0.3, 0.4) is 0 Å². The molecule has 0 aliphatic carbocycles. The first-order chi connectivity index (χ1) is 9.81. The van der Waals surface area contributed by atoms with Crippen LogP contribution in [-0.4, -0.2) is 37.7 Å². The van der Waals surface area contributed by atoms with Crippen molar-refractivity contribution in [2.45, 2.75) is 13.5 Å². The topological polar surface area (TPSA) is 24.5 Å². The summed E-state index contributed by atoms with van der Waals surface area (Å²) in [5, 5.41) is 3.31. The summed E-state index contributed by atoms with van der Waals surface area (Å²) in [6.07, 6.45) is 4.36. The second-order valence-corrected chi connectivity index (χ2v) is 5.56. The van der Waals surface area contributed by atoms with E-state index in [1.165, 1.54) is 22.3 Å². The normalized spacial score (nSPS) is 20.1. The van der Waals surface area contributed by atoms with E-state index >= 15 is 0 Å². The van der Waals surface area contributed by atoms with Crippen LogP contribution in [0, 0.1) is 0 Å². The third-order valence-corrected chi connectivity index (χ3v) is 3.84. The predicted octanol–water partition coefficient (Wildman–Crippen LogP) is 2.41. The van der Waals surface area contributed by atoms with Crippen molar-refractivity contribution in [3.8, 4) is 0 Å². The lowest BCUT2D eigenvalue weighted by atomic mass is 10.0. The Morgan fingerprint density at radius 1 is 1.15 bits per heavy atom. The molecule has 1 aromatic carbocycles. The number of morpholine rings is 1. The van der Waals surface area contributed by atoms with E-state index in [1.54, 1.807) is 0 Å². The van der Waals surface area contributed by atoms with Crippen LogP contribution in [-0.2, 0) is 11.3 Å². The van der Waals surface area contributed by atoms with Crippen LogP contribution in [0.2, 0.25) is 0 Å². The van der Waals surface area contributed by atoms with Crippen molar-refractivity contribution in [2.75, 3.05) is 32.8 Å². The van der Waals surface area contributed by atoms with Gasteiger partial charge >= 0.3 is 0 Å². The highest BCUT2D eigenvalue weighted by Crippen LogP contribution is 2.20. The molecule has 0 radical (unpaired) electrons. The molecular formula is C17H22N2O. The molecule has 1 saturated heterocycles. The molecular weight excluding hydrogens is 248 g/mol. The molecule has 2 heterocycles. The minimum Gasteiger partial charge on any atom is -0.387 e. The molecule has 2 aliphatic rings. The maximum atomic E-state index is 5.38. The van der Waals surface area contributed by atoms with Gasteiger partial charge in [0.15, 0.2) is 0 Å². The van der Waals surface area contributed by atoms with Crippen LogP contribution in [0.15, 0.2) is 42.1 Å². The van der Waals surface area contributed by atoms with Gasteiger partial charge in [0, 0.05) is 32.4 Å². The van der Waals surface area contributed by atoms with Crippen molar-refractivity contribution in [1.29, 1.82) is 0 Å². The maximum absolute atomic E-state index is 5.38. The number of nitrogens with zero attached hydrogens (tertiary/aromatic N) is 1. The van der Waals surface area contributed by atoms with Crippen molar-refractivity contribution in [3.63, 3.8) is 0 Å². The van der Waals surface area contributed by atoms with Crippen LogP contribution >= 0.6 is 0 Å². The van der Waals surface area contributed by atoms with Gasteiger partial charge in [-0.25, -0.2) is 0 Å². The van der Waals surface area contributed by atoms with E-state index in [1.807, 2.05) is 0 Å². The van der Waals surface area contributed by atoms with Gasteiger partial charge in [0.05, 0.1) is 13.2 Å². The lowest BCUT2D eigenvalue weighted by molar-refractivity contribution is 0.0342. The number of benzene rings is 1. The van der Waals surface area contributed by atoms with E-state index in [4.69, 9.17) is 4.74 Å². The lowest BCUT2D eigenvalue weighted by Crippen LogP contribution is -2.35. The van der Waals surface area contributed by atoms with Gasteiger partial charge in [0.25, 0.3) is 0 Å². The van der Waals surface area contributed by atoms with Crippen molar-refractivity contribution in [2.24, 2.45) is 0 Å². The third kappa shape index (κ3) is 3.30. The van der Waals surface area contributed by atoms with Gasteiger partial charge in [-0.2, -0.15) is 0 Å². The van der Waals surface area contributed by atoms with E-state index in [2.05, 4.69) is 53.7 Å². The Hall–Kier alpha value is -1.58. The van der Waals surface area contributed by atoms with Crippen LogP contribution < -0.4 is 5.32 Å². The van der Waals surface area contributed by atoms with Gasteiger partial charge in [0.1, 0.15) is 0 Å². The van der Waals surface area contributed by atoms with E-state index in [0.717, 1.165) is 39.4 Å². The van der Waals surface area contributed by atoms with Crippen LogP contribution in [0.25, 0.3) is 5.57 Å². The van der Waals surface area contributed by atoms with E-state index in [9.17, 15) is 0 Å². The Balaban J connectivity index is 1.66. The molecule has 3 rings (SSSR count). The zero-order chi connectivity index (χ0) is 13.8. The SMILES string of the molecule is CC1=CC(c2ccc(CN3CCOCC3)cc2)=CNC1. The molecule has 20 heavy (non-hydrogen) atoms. The predicted molar refractivity (Wildman–Crippen MR) is 82.3 cm³/mol. The fraction of sp³-hybridized carbons (Fsp3) is 0.412. The summed E-state index contributed by atoms with van der Waals surface area (Å²) in [5.41, 5.74) is 5.30. The summed E-state index contributed by atoms with van der Waals surface area (Å²) in [4.78, 5) is 2.45. The van der Waals surface area contributed by atoms with Crippen LogP contribution in [0.4, 0.5) is 0 Å². The fourth-order valence-electron chi connectivity index (χ4n) is 2.67. The number of hydrogen-bond acceptors (Lipinski definition) is 3. The Morgan fingerprint density at radius 3 is 2.60 bits per heavy atom. The number of dihydropyridines is 1. The molecule has 0 atom stereocenters. The minimum atomic E-state index is 0.862. The molecule has 1 aromatic rings. The monoisotopic (exact) mass is 270 g/mol. The van der Waals surface area contributed by atoms with Gasteiger partial charge in [-0.15, -0.1) is 0 Å². The highest BCUT2D eigenvalue weighted by Gasteiger charge is 2.11. The smallest absolute Gasteiger partial charge is 0.0594 e. The molecule has 0 unspecified atom stereocenters. The molecule has 0 spiro atoms. The first-order valence-corrected chi connectivity index (χ1v) is 7.31. The number of nitrogens with one attached hydrogen (secondary N) is 1.